The van der Waals surface area contributed by atoms with Crippen LogP contribution in [0.15, 0.2) is 52.9 Å². The lowest BCUT2D eigenvalue weighted by atomic mass is 10.2. The van der Waals surface area contributed by atoms with E-state index in [0.29, 0.717) is 24.3 Å². The molecule has 0 saturated heterocycles. The maximum atomic E-state index is 12.4. The fourth-order valence-electron chi connectivity index (χ4n) is 2.87. The molecule has 4 aromatic rings. The summed E-state index contributed by atoms with van der Waals surface area (Å²) in [5.41, 5.74) is 2.53. The molecule has 2 N–H and O–H groups in total. The number of aromatic amines is 1. The molecule has 0 aliphatic carbocycles. The van der Waals surface area contributed by atoms with Gasteiger partial charge in [-0.15, -0.1) is 0 Å². The Morgan fingerprint density at radius 3 is 2.84 bits per heavy atom. The number of ether oxygens (including phenoxy) is 1. The average Bonchev–Trinajstić information content (AvgIpc) is 3.22. The Hall–Kier alpha value is -3.28. The van der Waals surface area contributed by atoms with Crippen molar-refractivity contribution in [2.75, 3.05) is 13.7 Å². The topological polar surface area (TPSA) is 80.1 Å². The first-order valence-electron chi connectivity index (χ1n) is 8.03. The fourth-order valence-corrected chi connectivity index (χ4v) is 2.87. The Morgan fingerprint density at radius 2 is 2.00 bits per heavy atom. The van der Waals surface area contributed by atoms with Crippen LogP contribution in [-0.4, -0.2) is 29.5 Å². The van der Waals surface area contributed by atoms with E-state index in [0.717, 1.165) is 22.2 Å². The lowest BCUT2D eigenvalue weighted by molar-refractivity contribution is 0.0924. The second-order valence-corrected chi connectivity index (χ2v) is 5.67. The molecule has 4 rings (SSSR count). The third-order valence-corrected chi connectivity index (χ3v) is 4.05. The first-order valence-corrected chi connectivity index (χ1v) is 8.03. The molecule has 0 aliphatic rings. The molecule has 126 valence electrons. The molecule has 0 fully saturated rings. The van der Waals surface area contributed by atoms with Crippen LogP contribution in [0.2, 0.25) is 0 Å². The summed E-state index contributed by atoms with van der Waals surface area (Å²) in [4.78, 5) is 20.2. The van der Waals surface area contributed by atoms with E-state index >= 15 is 0 Å². The molecule has 6 heteroatoms. The zero-order chi connectivity index (χ0) is 17.2. The molecule has 2 heterocycles. The predicted molar refractivity (Wildman–Crippen MR) is 94.9 cm³/mol. The molecule has 6 nitrogen and oxygen atoms in total. The quantitative estimate of drug-likeness (QED) is 0.586. The van der Waals surface area contributed by atoms with E-state index in [9.17, 15) is 4.79 Å². The second kappa shape index (κ2) is 6.32. The zero-order valence-corrected chi connectivity index (χ0v) is 13.7. The third-order valence-electron chi connectivity index (χ3n) is 4.05. The first-order chi connectivity index (χ1) is 12.3. The van der Waals surface area contributed by atoms with E-state index < -0.39 is 0 Å². The van der Waals surface area contributed by atoms with E-state index in [-0.39, 0.29) is 11.7 Å². The number of para-hydroxylation sites is 3. The Bertz CT molecular complexity index is 1020. The van der Waals surface area contributed by atoms with Gasteiger partial charge >= 0.3 is 0 Å². The van der Waals surface area contributed by atoms with Crippen LogP contribution >= 0.6 is 0 Å². The number of benzene rings is 2. The Balaban J connectivity index is 1.47. The van der Waals surface area contributed by atoms with Gasteiger partial charge in [0.2, 0.25) is 5.76 Å². The lowest BCUT2D eigenvalue weighted by Gasteiger charge is -2.03. The van der Waals surface area contributed by atoms with Crippen molar-refractivity contribution in [3.63, 3.8) is 0 Å². The van der Waals surface area contributed by atoms with Crippen LogP contribution in [0.4, 0.5) is 0 Å². The van der Waals surface area contributed by atoms with E-state index in [1.54, 1.807) is 0 Å². The fraction of sp³-hybridized carbons (Fsp3) is 0.158. The van der Waals surface area contributed by atoms with Crippen LogP contribution in [-0.2, 0) is 6.42 Å². The minimum Gasteiger partial charge on any atom is -0.492 e. The Morgan fingerprint density at radius 1 is 1.20 bits per heavy atom. The maximum Gasteiger partial charge on any atom is 0.290 e. The van der Waals surface area contributed by atoms with Crippen molar-refractivity contribution in [3.05, 3.63) is 60.1 Å². The molecule has 0 aliphatic heterocycles. The van der Waals surface area contributed by atoms with Gasteiger partial charge in [0.25, 0.3) is 5.91 Å². The summed E-state index contributed by atoms with van der Waals surface area (Å²) in [5, 5.41) is 3.64. The third kappa shape index (κ3) is 2.82. The van der Waals surface area contributed by atoms with Crippen molar-refractivity contribution in [2.45, 2.75) is 6.42 Å². The van der Waals surface area contributed by atoms with Gasteiger partial charge in [-0.05, 0) is 24.3 Å². The number of nitrogens with zero attached hydrogens (tertiary/aromatic N) is 1. The highest BCUT2D eigenvalue weighted by Gasteiger charge is 2.21. The number of carbonyl (C=O) groups excluding carboxylic acids is 1. The van der Waals surface area contributed by atoms with Crippen molar-refractivity contribution in [1.82, 2.24) is 15.3 Å². The second-order valence-electron chi connectivity index (χ2n) is 5.67. The van der Waals surface area contributed by atoms with Crippen LogP contribution in [0, 0.1) is 0 Å². The number of H-pyrrole nitrogens is 1. The maximum absolute atomic E-state index is 12.4. The summed E-state index contributed by atoms with van der Waals surface area (Å²) in [6.07, 6.45) is 0.600. The van der Waals surface area contributed by atoms with Gasteiger partial charge in [-0.2, -0.15) is 0 Å². The number of methoxy groups -OCH3 is 1. The van der Waals surface area contributed by atoms with Crippen molar-refractivity contribution in [2.24, 2.45) is 0 Å². The van der Waals surface area contributed by atoms with Gasteiger partial charge in [0, 0.05) is 13.0 Å². The van der Waals surface area contributed by atoms with Gasteiger partial charge in [0.15, 0.2) is 5.75 Å². The van der Waals surface area contributed by atoms with E-state index in [1.807, 2.05) is 48.5 Å². The lowest BCUT2D eigenvalue weighted by Crippen LogP contribution is -2.25. The number of fused-ring (bicyclic) bond motifs is 2. The number of furan rings is 1. The molecule has 25 heavy (non-hydrogen) atoms. The molecule has 0 saturated carbocycles. The Kier molecular flexibility index (Phi) is 3.85. The summed E-state index contributed by atoms with van der Waals surface area (Å²) >= 11 is 0. The number of carbonyl (C=O) groups is 1. The van der Waals surface area contributed by atoms with Gasteiger partial charge in [-0.3, -0.25) is 4.79 Å². The van der Waals surface area contributed by atoms with Crippen LogP contribution in [0.3, 0.4) is 0 Å². The van der Waals surface area contributed by atoms with Crippen molar-refractivity contribution in [1.29, 1.82) is 0 Å². The Labute approximate surface area is 143 Å². The highest BCUT2D eigenvalue weighted by Crippen LogP contribution is 2.32. The highest BCUT2D eigenvalue weighted by atomic mass is 16.5. The van der Waals surface area contributed by atoms with E-state index in [1.165, 1.54) is 7.11 Å². The van der Waals surface area contributed by atoms with E-state index in [2.05, 4.69) is 15.3 Å². The van der Waals surface area contributed by atoms with Crippen molar-refractivity contribution < 1.29 is 13.9 Å². The molecule has 0 bridgehead atoms. The summed E-state index contributed by atoms with van der Waals surface area (Å²) in [7, 11) is 1.53. The van der Waals surface area contributed by atoms with Gasteiger partial charge in [-0.1, -0.05) is 24.3 Å². The number of rotatable bonds is 5. The molecule has 2 aromatic heterocycles. The highest BCUT2D eigenvalue weighted by molar-refractivity contribution is 6.01. The zero-order valence-electron chi connectivity index (χ0n) is 13.7. The SMILES string of the molecule is COc1c(C(=O)NCCc2nc3ccccc3[nH]2)oc2ccccc12. The predicted octanol–water partition coefficient (Wildman–Crippen LogP) is 3.29. The summed E-state index contributed by atoms with van der Waals surface area (Å²) in [5.74, 6) is 1.17. The van der Waals surface area contributed by atoms with E-state index in [4.69, 9.17) is 9.15 Å². The van der Waals surface area contributed by atoms with Crippen LogP contribution < -0.4 is 10.1 Å². The van der Waals surface area contributed by atoms with Gasteiger partial charge in [0.05, 0.1) is 23.5 Å². The van der Waals surface area contributed by atoms with Gasteiger partial charge < -0.3 is 19.5 Å². The van der Waals surface area contributed by atoms with Crippen LogP contribution in [0.5, 0.6) is 5.75 Å². The molecule has 0 radical (unpaired) electrons. The van der Waals surface area contributed by atoms with Crippen molar-refractivity contribution >= 4 is 27.9 Å². The summed E-state index contributed by atoms with van der Waals surface area (Å²) < 4.78 is 11.0. The number of hydrogen-bond donors (Lipinski definition) is 2. The first kappa shape index (κ1) is 15.3. The largest absolute Gasteiger partial charge is 0.492 e. The molecule has 0 spiro atoms. The minimum atomic E-state index is -0.302. The molecular formula is C19H17N3O3. The van der Waals surface area contributed by atoms with Gasteiger partial charge in [0.1, 0.15) is 11.4 Å². The normalized spacial score (nSPS) is 11.1. The number of hydrogen-bond acceptors (Lipinski definition) is 4. The number of amides is 1. The molecule has 2 aromatic carbocycles. The number of aromatic nitrogens is 2. The minimum absolute atomic E-state index is 0.188. The number of nitrogens with one attached hydrogen (secondary N) is 2. The summed E-state index contributed by atoms with van der Waals surface area (Å²) in [6.45, 7) is 0.443. The molecule has 1 amide bonds. The van der Waals surface area contributed by atoms with Crippen molar-refractivity contribution in [3.8, 4) is 5.75 Å². The average molecular weight is 335 g/mol. The standard InChI is InChI=1S/C19H17N3O3/c1-24-17-12-6-2-5-9-15(12)25-18(17)19(23)20-11-10-16-21-13-7-3-4-8-14(13)22-16/h2-9H,10-11H2,1H3,(H,20,23)(H,21,22). The van der Waals surface area contributed by atoms with Crippen LogP contribution in [0.1, 0.15) is 16.4 Å². The molecule has 0 unspecified atom stereocenters. The summed E-state index contributed by atoms with van der Waals surface area (Å²) in [6, 6.07) is 15.2. The molecule has 0 atom stereocenters. The smallest absolute Gasteiger partial charge is 0.290 e. The number of imidazole rings is 1. The van der Waals surface area contributed by atoms with Crippen LogP contribution in [0.25, 0.3) is 22.0 Å². The monoisotopic (exact) mass is 335 g/mol. The molecular weight excluding hydrogens is 318 g/mol. The van der Waals surface area contributed by atoms with Gasteiger partial charge in [-0.25, -0.2) is 4.98 Å².